The van der Waals surface area contributed by atoms with Crippen LogP contribution in [0.3, 0.4) is 0 Å². The summed E-state index contributed by atoms with van der Waals surface area (Å²) < 4.78 is 22.7. The SMILES string of the molecule is O=C(NC1C=CS(=O)(=O)C1)c1ccc(C2CCCCC2)[nH]c1=O. The lowest BCUT2D eigenvalue weighted by molar-refractivity contribution is 0.0946. The molecule has 7 heteroatoms. The van der Waals surface area contributed by atoms with Gasteiger partial charge in [-0.3, -0.25) is 9.59 Å². The normalized spacial score (nSPS) is 23.7. The van der Waals surface area contributed by atoms with Crippen LogP contribution in [0.4, 0.5) is 0 Å². The van der Waals surface area contributed by atoms with E-state index in [1.807, 2.05) is 0 Å². The third kappa shape index (κ3) is 3.72. The molecule has 1 aliphatic carbocycles. The summed E-state index contributed by atoms with van der Waals surface area (Å²) in [5.41, 5.74) is 0.479. The van der Waals surface area contributed by atoms with Crippen molar-refractivity contribution in [3.8, 4) is 0 Å². The van der Waals surface area contributed by atoms with Gasteiger partial charge in [-0.25, -0.2) is 8.42 Å². The number of carbonyl (C=O) groups excluding carboxylic acids is 1. The predicted octanol–water partition coefficient (Wildman–Crippen LogP) is 1.46. The second kappa shape index (κ2) is 6.31. The molecule has 1 saturated carbocycles. The Morgan fingerprint density at radius 3 is 2.52 bits per heavy atom. The number of rotatable bonds is 3. The summed E-state index contributed by atoms with van der Waals surface area (Å²) in [6.45, 7) is 0. The van der Waals surface area contributed by atoms with Gasteiger partial charge in [0, 0.05) is 11.1 Å². The second-order valence-electron chi connectivity index (χ2n) is 6.23. The summed E-state index contributed by atoms with van der Waals surface area (Å²) in [6, 6.07) is 2.75. The number of hydrogen-bond donors (Lipinski definition) is 2. The minimum atomic E-state index is -3.24. The first-order chi connectivity index (χ1) is 10.9. The van der Waals surface area contributed by atoms with Crippen LogP contribution >= 0.6 is 0 Å². The molecule has 0 aromatic carbocycles. The summed E-state index contributed by atoms with van der Waals surface area (Å²) in [6.07, 6.45) is 7.12. The minimum absolute atomic E-state index is 0.0160. The van der Waals surface area contributed by atoms with Gasteiger partial charge < -0.3 is 10.3 Å². The summed E-state index contributed by atoms with van der Waals surface area (Å²) in [5.74, 6) is -0.346. The zero-order valence-corrected chi connectivity index (χ0v) is 13.6. The van der Waals surface area contributed by atoms with Crippen LogP contribution in [0.5, 0.6) is 0 Å². The molecule has 0 saturated heterocycles. The van der Waals surface area contributed by atoms with Crippen molar-refractivity contribution in [2.45, 2.75) is 44.1 Å². The molecule has 1 aromatic heterocycles. The van der Waals surface area contributed by atoms with Gasteiger partial charge >= 0.3 is 0 Å². The zero-order chi connectivity index (χ0) is 16.4. The van der Waals surface area contributed by atoms with Crippen molar-refractivity contribution in [3.05, 3.63) is 45.2 Å². The van der Waals surface area contributed by atoms with E-state index in [9.17, 15) is 18.0 Å². The lowest BCUT2D eigenvalue weighted by atomic mass is 9.86. The average molecular weight is 336 g/mol. The topological polar surface area (TPSA) is 96.1 Å². The smallest absolute Gasteiger partial charge is 0.261 e. The molecule has 0 spiro atoms. The Labute approximate surface area is 134 Å². The highest BCUT2D eigenvalue weighted by Gasteiger charge is 2.24. The molecule has 1 amide bonds. The van der Waals surface area contributed by atoms with Crippen molar-refractivity contribution >= 4 is 15.7 Å². The van der Waals surface area contributed by atoms with Crippen molar-refractivity contribution < 1.29 is 13.2 Å². The van der Waals surface area contributed by atoms with Crippen LogP contribution in [0.1, 0.15) is 54.1 Å². The van der Waals surface area contributed by atoms with E-state index >= 15 is 0 Å². The van der Waals surface area contributed by atoms with E-state index in [-0.39, 0.29) is 11.3 Å². The summed E-state index contributed by atoms with van der Waals surface area (Å²) >= 11 is 0. The number of aromatic amines is 1. The Bertz CT molecular complexity index is 789. The summed E-state index contributed by atoms with van der Waals surface area (Å²) in [5, 5.41) is 3.66. The Morgan fingerprint density at radius 1 is 1.17 bits per heavy atom. The van der Waals surface area contributed by atoms with Crippen molar-refractivity contribution in [1.29, 1.82) is 0 Å². The van der Waals surface area contributed by atoms with E-state index in [0.29, 0.717) is 5.92 Å². The van der Waals surface area contributed by atoms with Gasteiger partial charge in [0.05, 0.1) is 11.8 Å². The molecule has 1 unspecified atom stereocenters. The molecule has 1 fully saturated rings. The van der Waals surface area contributed by atoms with E-state index in [0.717, 1.165) is 36.8 Å². The van der Waals surface area contributed by atoms with E-state index < -0.39 is 27.3 Å². The molecule has 2 N–H and O–H groups in total. The lowest BCUT2D eigenvalue weighted by Gasteiger charge is -2.21. The number of sulfone groups is 1. The highest BCUT2D eigenvalue weighted by atomic mass is 32.2. The van der Waals surface area contributed by atoms with Crippen molar-refractivity contribution in [2.24, 2.45) is 0 Å². The minimum Gasteiger partial charge on any atom is -0.345 e. The highest BCUT2D eigenvalue weighted by Crippen LogP contribution is 2.30. The number of nitrogens with one attached hydrogen (secondary N) is 2. The van der Waals surface area contributed by atoms with E-state index in [2.05, 4.69) is 10.3 Å². The lowest BCUT2D eigenvalue weighted by Crippen LogP contribution is -2.38. The van der Waals surface area contributed by atoms with Gasteiger partial charge in [0.1, 0.15) is 5.56 Å². The maximum atomic E-state index is 12.2. The van der Waals surface area contributed by atoms with Gasteiger partial charge in [-0.15, -0.1) is 0 Å². The molecule has 23 heavy (non-hydrogen) atoms. The largest absolute Gasteiger partial charge is 0.345 e. The van der Waals surface area contributed by atoms with Gasteiger partial charge in [0.25, 0.3) is 11.5 Å². The summed E-state index contributed by atoms with van der Waals surface area (Å²) in [7, 11) is -3.24. The van der Waals surface area contributed by atoms with Gasteiger partial charge in [0.15, 0.2) is 9.84 Å². The standard InChI is InChI=1S/C16H20N2O4S/c19-15(17-12-8-9-23(21,22)10-12)13-6-7-14(18-16(13)20)11-4-2-1-3-5-11/h6-9,11-12H,1-5,10H2,(H,17,19)(H,18,20). The number of H-pyrrole nitrogens is 1. The number of pyridine rings is 1. The van der Waals surface area contributed by atoms with Crippen LogP contribution in [-0.4, -0.2) is 31.1 Å². The third-order valence-corrected chi connectivity index (χ3v) is 5.86. The molecule has 2 aliphatic rings. The molecule has 1 atom stereocenters. The zero-order valence-electron chi connectivity index (χ0n) is 12.7. The molecule has 6 nitrogen and oxygen atoms in total. The van der Waals surface area contributed by atoms with Crippen molar-refractivity contribution in [1.82, 2.24) is 10.3 Å². The quantitative estimate of drug-likeness (QED) is 0.873. The van der Waals surface area contributed by atoms with Crippen LogP contribution in [0.25, 0.3) is 0 Å². The van der Waals surface area contributed by atoms with Crippen molar-refractivity contribution in [3.63, 3.8) is 0 Å². The molecule has 0 bridgehead atoms. The van der Waals surface area contributed by atoms with Gasteiger partial charge in [0.2, 0.25) is 0 Å². The highest BCUT2D eigenvalue weighted by molar-refractivity contribution is 7.94. The molecule has 3 rings (SSSR count). The second-order valence-corrected chi connectivity index (χ2v) is 8.16. The molecular weight excluding hydrogens is 316 g/mol. The number of carbonyl (C=O) groups is 1. The molecule has 1 aromatic rings. The molecule has 2 heterocycles. The van der Waals surface area contributed by atoms with E-state index in [4.69, 9.17) is 0 Å². The molecule has 124 valence electrons. The van der Waals surface area contributed by atoms with Crippen LogP contribution < -0.4 is 10.9 Å². The first kappa shape index (κ1) is 16.0. The summed E-state index contributed by atoms with van der Waals surface area (Å²) in [4.78, 5) is 27.1. The fraction of sp³-hybridized carbons (Fsp3) is 0.500. The first-order valence-electron chi connectivity index (χ1n) is 7.90. The maximum Gasteiger partial charge on any atom is 0.261 e. The van der Waals surface area contributed by atoms with Crippen LogP contribution in [0.2, 0.25) is 0 Å². The molecular formula is C16H20N2O4S. The molecule has 0 radical (unpaired) electrons. The van der Waals surface area contributed by atoms with Crippen LogP contribution in [-0.2, 0) is 9.84 Å². The maximum absolute atomic E-state index is 12.2. The van der Waals surface area contributed by atoms with Gasteiger partial charge in [-0.1, -0.05) is 19.3 Å². The fourth-order valence-electron chi connectivity index (χ4n) is 3.23. The third-order valence-electron chi connectivity index (χ3n) is 4.47. The van der Waals surface area contributed by atoms with E-state index in [1.54, 1.807) is 6.07 Å². The van der Waals surface area contributed by atoms with E-state index in [1.165, 1.54) is 18.6 Å². The van der Waals surface area contributed by atoms with Gasteiger partial charge in [-0.05, 0) is 37.0 Å². The fourth-order valence-corrected chi connectivity index (χ4v) is 4.47. The van der Waals surface area contributed by atoms with Crippen LogP contribution in [0, 0.1) is 0 Å². The number of aromatic nitrogens is 1. The van der Waals surface area contributed by atoms with Gasteiger partial charge in [-0.2, -0.15) is 0 Å². The molecule has 1 aliphatic heterocycles. The number of amides is 1. The average Bonchev–Trinajstić information content (AvgIpc) is 2.86. The Hall–Kier alpha value is -1.89. The monoisotopic (exact) mass is 336 g/mol. The Morgan fingerprint density at radius 2 is 1.91 bits per heavy atom. The van der Waals surface area contributed by atoms with Crippen molar-refractivity contribution in [2.75, 3.05) is 5.75 Å². The Balaban J connectivity index is 1.71. The Kier molecular flexibility index (Phi) is 4.39. The first-order valence-corrected chi connectivity index (χ1v) is 9.61. The van der Waals surface area contributed by atoms with Crippen LogP contribution in [0.15, 0.2) is 28.4 Å². The number of hydrogen-bond acceptors (Lipinski definition) is 4. The predicted molar refractivity (Wildman–Crippen MR) is 87.1 cm³/mol.